The topological polar surface area (TPSA) is 77.0 Å². The summed E-state index contributed by atoms with van der Waals surface area (Å²) < 4.78 is 13.9. The summed E-state index contributed by atoms with van der Waals surface area (Å²) in [5.41, 5.74) is 10.7. The number of pyridine rings is 1. The molecule has 0 fully saturated rings. The Morgan fingerprint density at radius 2 is 2.15 bits per heavy atom. The number of benzene rings is 1. The molecule has 0 amide bonds. The summed E-state index contributed by atoms with van der Waals surface area (Å²) in [6.45, 7) is 1.90. The van der Waals surface area contributed by atoms with Crippen LogP contribution in [-0.2, 0) is 6.42 Å². The number of hydrogen-bond acceptors (Lipinski definition) is 4. The van der Waals surface area contributed by atoms with Gasteiger partial charge in [0.2, 0.25) is 0 Å². The van der Waals surface area contributed by atoms with Gasteiger partial charge in [-0.2, -0.15) is 0 Å². The van der Waals surface area contributed by atoms with Gasteiger partial charge in [-0.3, -0.25) is 11.3 Å². The minimum Gasteiger partial charge on any atom is -0.383 e. The van der Waals surface area contributed by atoms with E-state index in [1.807, 2.05) is 13.0 Å². The molecule has 1 aromatic heterocycles. The number of nitrogens with one attached hydrogen (secondary N) is 1. The Balaban J connectivity index is 2.39. The van der Waals surface area contributed by atoms with Crippen LogP contribution in [0.1, 0.15) is 22.7 Å². The van der Waals surface area contributed by atoms with E-state index in [4.69, 9.17) is 23.2 Å². The molecule has 0 radical (unpaired) electrons. The van der Waals surface area contributed by atoms with E-state index in [0.717, 1.165) is 11.1 Å². The molecule has 0 aliphatic heterocycles. The third-order valence-corrected chi connectivity index (χ3v) is 3.61. The standard InChI is InChI=1S/C14H16ClFN4/c1-8-5-6-19-14(17)13(8)12(20-18)7-9-10(15)3-2-4-11(9)16/h2-6,12,20H,7,18H2,1H3,(H2,17,19). The fraction of sp³-hybridized carbons (Fsp3) is 0.214. The molecule has 0 saturated heterocycles. The maximum Gasteiger partial charge on any atom is 0.128 e. The number of aromatic nitrogens is 1. The average Bonchev–Trinajstić information content (AvgIpc) is 2.40. The SMILES string of the molecule is Cc1ccnc(N)c1C(Cc1c(F)cccc1Cl)NN. The average molecular weight is 295 g/mol. The molecule has 4 nitrogen and oxygen atoms in total. The molecule has 1 atom stereocenters. The Morgan fingerprint density at radius 3 is 2.75 bits per heavy atom. The number of anilines is 1. The first kappa shape index (κ1) is 14.7. The van der Waals surface area contributed by atoms with E-state index in [-0.39, 0.29) is 11.9 Å². The van der Waals surface area contributed by atoms with Crippen molar-refractivity contribution in [1.29, 1.82) is 0 Å². The summed E-state index contributed by atoms with van der Waals surface area (Å²) in [7, 11) is 0. The maximum atomic E-state index is 13.9. The highest BCUT2D eigenvalue weighted by molar-refractivity contribution is 6.31. The lowest BCUT2D eigenvalue weighted by atomic mass is 9.96. The minimum atomic E-state index is -0.363. The molecule has 0 aliphatic carbocycles. The summed E-state index contributed by atoms with van der Waals surface area (Å²) in [6, 6.07) is 6.05. The van der Waals surface area contributed by atoms with E-state index in [9.17, 15) is 4.39 Å². The zero-order valence-corrected chi connectivity index (χ0v) is 11.8. The lowest BCUT2D eigenvalue weighted by Crippen LogP contribution is -2.31. The highest BCUT2D eigenvalue weighted by Crippen LogP contribution is 2.29. The van der Waals surface area contributed by atoms with Gasteiger partial charge in [-0.25, -0.2) is 9.37 Å². The van der Waals surface area contributed by atoms with Crippen LogP contribution in [0.15, 0.2) is 30.5 Å². The number of halogens is 2. The molecule has 0 aliphatic rings. The monoisotopic (exact) mass is 294 g/mol. The zero-order valence-electron chi connectivity index (χ0n) is 11.0. The van der Waals surface area contributed by atoms with Gasteiger partial charge in [-0.15, -0.1) is 0 Å². The van der Waals surface area contributed by atoms with Gasteiger partial charge in [0.15, 0.2) is 0 Å². The van der Waals surface area contributed by atoms with Crippen molar-refractivity contribution in [3.8, 4) is 0 Å². The summed E-state index contributed by atoms with van der Waals surface area (Å²) in [4.78, 5) is 4.05. The van der Waals surface area contributed by atoms with Crippen molar-refractivity contribution in [3.05, 3.63) is 58.0 Å². The van der Waals surface area contributed by atoms with Crippen molar-refractivity contribution in [2.75, 3.05) is 5.73 Å². The van der Waals surface area contributed by atoms with Crippen molar-refractivity contribution >= 4 is 17.4 Å². The highest BCUT2D eigenvalue weighted by Gasteiger charge is 2.19. The molecular formula is C14H16ClFN4. The van der Waals surface area contributed by atoms with Crippen LogP contribution in [-0.4, -0.2) is 4.98 Å². The van der Waals surface area contributed by atoms with E-state index in [2.05, 4.69) is 10.4 Å². The van der Waals surface area contributed by atoms with Gasteiger partial charge in [0.25, 0.3) is 0 Å². The van der Waals surface area contributed by atoms with Crippen LogP contribution in [0, 0.1) is 12.7 Å². The van der Waals surface area contributed by atoms with Gasteiger partial charge in [-0.05, 0) is 37.1 Å². The number of nitrogens with zero attached hydrogens (tertiary/aromatic N) is 1. The molecule has 2 aromatic rings. The molecule has 20 heavy (non-hydrogen) atoms. The van der Waals surface area contributed by atoms with E-state index in [0.29, 0.717) is 22.8 Å². The first-order valence-corrected chi connectivity index (χ1v) is 6.52. The van der Waals surface area contributed by atoms with E-state index < -0.39 is 0 Å². The molecular weight excluding hydrogens is 279 g/mol. The zero-order chi connectivity index (χ0) is 14.7. The number of hydrogen-bond donors (Lipinski definition) is 3. The van der Waals surface area contributed by atoms with Crippen molar-refractivity contribution in [3.63, 3.8) is 0 Å². The van der Waals surface area contributed by atoms with Crippen LogP contribution in [0.3, 0.4) is 0 Å². The fourth-order valence-electron chi connectivity index (χ4n) is 2.22. The molecule has 1 aromatic carbocycles. The molecule has 5 N–H and O–H groups in total. The molecule has 2 rings (SSSR count). The molecule has 106 valence electrons. The first-order valence-electron chi connectivity index (χ1n) is 6.14. The second-order valence-electron chi connectivity index (χ2n) is 4.55. The number of rotatable bonds is 4. The predicted molar refractivity (Wildman–Crippen MR) is 78.6 cm³/mol. The lowest BCUT2D eigenvalue weighted by Gasteiger charge is -2.20. The van der Waals surface area contributed by atoms with Crippen molar-refractivity contribution in [1.82, 2.24) is 10.4 Å². The van der Waals surface area contributed by atoms with Gasteiger partial charge >= 0.3 is 0 Å². The lowest BCUT2D eigenvalue weighted by molar-refractivity contribution is 0.527. The normalized spacial score (nSPS) is 12.4. The Bertz CT molecular complexity index is 578. The minimum absolute atomic E-state index is 0.290. The number of nitrogen functional groups attached to an aromatic ring is 1. The fourth-order valence-corrected chi connectivity index (χ4v) is 2.46. The van der Waals surface area contributed by atoms with E-state index >= 15 is 0 Å². The summed E-state index contributed by atoms with van der Waals surface area (Å²) >= 11 is 6.04. The van der Waals surface area contributed by atoms with Gasteiger partial charge in [0.05, 0.1) is 6.04 Å². The highest BCUT2D eigenvalue weighted by atomic mass is 35.5. The van der Waals surface area contributed by atoms with Crippen molar-refractivity contribution < 1.29 is 4.39 Å². The molecule has 0 bridgehead atoms. The van der Waals surface area contributed by atoms with Crippen LogP contribution in [0.2, 0.25) is 5.02 Å². The largest absolute Gasteiger partial charge is 0.383 e. The Kier molecular flexibility index (Phi) is 4.54. The molecule has 0 spiro atoms. The number of hydrazine groups is 1. The third kappa shape index (κ3) is 2.90. The molecule has 1 heterocycles. The molecule has 0 saturated carbocycles. The van der Waals surface area contributed by atoms with Gasteiger partial charge in [0, 0.05) is 22.3 Å². The number of nitrogens with two attached hydrogens (primary N) is 2. The van der Waals surface area contributed by atoms with Crippen LogP contribution in [0.4, 0.5) is 10.2 Å². The predicted octanol–water partition coefficient (Wildman–Crippen LogP) is 2.51. The van der Waals surface area contributed by atoms with E-state index in [1.165, 1.54) is 6.07 Å². The summed E-state index contributed by atoms with van der Waals surface area (Å²) in [5, 5.41) is 0.366. The van der Waals surface area contributed by atoms with Gasteiger partial charge in [0.1, 0.15) is 11.6 Å². The van der Waals surface area contributed by atoms with Crippen LogP contribution >= 0.6 is 11.6 Å². The van der Waals surface area contributed by atoms with E-state index in [1.54, 1.807) is 18.3 Å². The first-order chi connectivity index (χ1) is 9.54. The second-order valence-corrected chi connectivity index (χ2v) is 4.96. The van der Waals surface area contributed by atoms with Crippen LogP contribution in [0.25, 0.3) is 0 Å². The Hall–Kier alpha value is -1.69. The number of aryl methyl sites for hydroxylation is 1. The quantitative estimate of drug-likeness (QED) is 0.598. The smallest absolute Gasteiger partial charge is 0.128 e. The third-order valence-electron chi connectivity index (χ3n) is 3.26. The molecule has 1 unspecified atom stereocenters. The van der Waals surface area contributed by atoms with Gasteiger partial charge in [-0.1, -0.05) is 17.7 Å². The summed E-state index contributed by atoms with van der Waals surface area (Å²) in [6.07, 6.45) is 1.91. The Morgan fingerprint density at radius 1 is 1.40 bits per heavy atom. The van der Waals surface area contributed by atoms with Crippen LogP contribution in [0.5, 0.6) is 0 Å². The van der Waals surface area contributed by atoms with Crippen LogP contribution < -0.4 is 17.0 Å². The molecule has 6 heteroatoms. The van der Waals surface area contributed by atoms with Crippen molar-refractivity contribution in [2.45, 2.75) is 19.4 Å². The second kappa shape index (κ2) is 6.17. The Labute approximate surface area is 121 Å². The summed E-state index contributed by atoms with van der Waals surface area (Å²) in [5.74, 6) is 5.60. The van der Waals surface area contributed by atoms with Gasteiger partial charge < -0.3 is 5.73 Å². The maximum absolute atomic E-state index is 13.9. The van der Waals surface area contributed by atoms with Crippen molar-refractivity contribution in [2.24, 2.45) is 5.84 Å².